The first-order chi connectivity index (χ1) is 14.3. The topological polar surface area (TPSA) is 97.8 Å². The van der Waals surface area contributed by atoms with Crippen LogP contribution >= 0.6 is 11.3 Å². The van der Waals surface area contributed by atoms with Gasteiger partial charge in [-0.15, -0.1) is 11.3 Å². The van der Waals surface area contributed by atoms with Gasteiger partial charge in [-0.25, -0.2) is 8.42 Å². The van der Waals surface area contributed by atoms with Crippen LogP contribution in [0.2, 0.25) is 0 Å². The van der Waals surface area contributed by atoms with Gasteiger partial charge in [0.15, 0.2) is 18.2 Å². The van der Waals surface area contributed by atoms with Crippen molar-refractivity contribution in [2.45, 2.75) is 37.5 Å². The number of ether oxygens (including phenoxy) is 1. The number of sulfonamides is 1. The smallest absolute Gasteiger partial charge is 0.306 e. The van der Waals surface area contributed by atoms with Crippen LogP contribution in [0.5, 0.6) is 0 Å². The van der Waals surface area contributed by atoms with Crippen molar-refractivity contribution in [3.63, 3.8) is 0 Å². The molecular weight excluding hydrogens is 426 g/mol. The summed E-state index contributed by atoms with van der Waals surface area (Å²) in [4.78, 5) is 37.8. The highest BCUT2D eigenvalue weighted by atomic mass is 32.2. The summed E-state index contributed by atoms with van der Waals surface area (Å²) in [6, 6.07) is 9.19. The third-order valence-corrected chi connectivity index (χ3v) is 7.77. The molecule has 0 saturated carbocycles. The highest BCUT2D eigenvalue weighted by molar-refractivity contribution is 7.89. The number of carbonyl (C=O) groups excluding carboxylic acids is 3. The highest BCUT2D eigenvalue weighted by Crippen LogP contribution is 2.21. The van der Waals surface area contributed by atoms with E-state index in [9.17, 15) is 22.8 Å². The number of nitrogens with zero attached hydrogens (tertiary/aromatic N) is 1. The Kier molecular flexibility index (Phi) is 7.17. The molecule has 1 aromatic heterocycles. The lowest BCUT2D eigenvalue weighted by Crippen LogP contribution is -2.27. The maximum atomic E-state index is 12.5. The number of thiophene rings is 1. The summed E-state index contributed by atoms with van der Waals surface area (Å²) in [5, 5.41) is 0. The molecule has 0 aliphatic carbocycles. The number of hydrogen-bond acceptors (Lipinski definition) is 7. The SMILES string of the molecule is Cc1ccc(C(=O)CCC(=O)OCC(=O)c2ccc(S(=O)(=O)N3CCCC3)cc2)s1. The number of benzene rings is 1. The van der Waals surface area contributed by atoms with Gasteiger partial charge in [0.05, 0.1) is 16.2 Å². The maximum Gasteiger partial charge on any atom is 0.306 e. The van der Waals surface area contributed by atoms with Crippen LogP contribution < -0.4 is 0 Å². The fourth-order valence-corrected chi connectivity index (χ4v) is 5.47. The minimum absolute atomic E-state index is 0.0238. The quantitative estimate of drug-likeness (QED) is 0.431. The van der Waals surface area contributed by atoms with Gasteiger partial charge in [-0.2, -0.15) is 4.31 Å². The summed E-state index contributed by atoms with van der Waals surface area (Å²) in [6.07, 6.45) is 1.62. The first kappa shape index (κ1) is 22.3. The predicted molar refractivity (Wildman–Crippen MR) is 112 cm³/mol. The van der Waals surface area contributed by atoms with Crippen molar-refractivity contribution in [3.8, 4) is 0 Å². The van der Waals surface area contributed by atoms with E-state index < -0.39 is 28.4 Å². The summed E-state index contributed by atoms with van der Waals surface area (Å²) in [5.41, 5.74) is 0.258. The Hall–Kier alpha value is -2.36. The second-order valence-corrected chi connectivity index (χ2v) is 10.3. The molecule has 1 aliphatic rings. The standard InChI is InChI=1S/C21H23NO6S2/c1-15-4-10-20(29-15)18(23)9-11-21(25)28-14-19(24)16-5-7-17(8-6-16)30(26,27)22-12-2-3-13-22/h4-8,10H,2-3,9,11-14H2,1H3. The molecule has 160 valence electrons. The van der Waals surface area contributed by atoms with Crippen molar-refractivity contribution in [2.75, 3.05) is 19.7 Å². The average Bonchev–Trinajstić information content (AvgIpc) is 3.42. The van der Waals surface area contributed by atoms with Crippen molar-refractivity contribution < 1.29 is 27.5 Å². The second kappa shape index (κ2) is 9.63. The first-order valence-electron chi connectivity index (χ1n) is 9.66. The number of rotatable bonds is 9. The lowest BCUT2D eigenvalue weighted by atomic mass is 10.1. The Balaban J connectivity index is 1.48. The van der Waals surface area contributed by atoms with Gasteiger partial charge in [0, 0.05) is 30.0 Å². The number of hydrogen-bond donors (Lipinski definition) is 0. The summed E-state index contributed by atoms with van der Waals surface area (Å²) in [6.45, 7) is 2.46. The molecule has 30 heavy (non-hydrogen) atoms. The van der Waals surface area contributed by atoms with Gasteiger partial charge >= 0.3 is 5.97 Å². The van der Waals surface area contributed by atoms with E-state index in [1.807, 2.05) is 13.0 Å². The molecule has 1 aromatic carbocycles. The molecule has 0 amide bonds. The molecule has 0 atom stereocenters. The van der Waals surface area contributed by atoms with E-state index >= 15 is 0 Å². The van der Waals surface area contributed by atoms with Gasteiger partial charge < -0.3 is 4.74 Å². The zero-order chi connectivity index (χ0) is 21.7. The Morgan fingerprint density at radius 3 is 2.23 bits per heavy atom. The highest BCUT2D eigenvalue weighted by Gasteiger charge is 2.27. The van der Waals surface area contributed by atoms with E-state index in [1.165, 1.54) is 39.9 Å². The van der Waals surface area contributed by atoms with Crippen LogP contribution in [0, 0.1) is 6.92 Å². The van der Waals surface area contributed by atoms with Gasteiger partial charge in [-0.05, 0) is 56.2 Å². The van der Waals surface area contributed by atoms with Gasteiger partial charge in [0.1, 0.15) is 0 Å². The Morgan fingerprint density at radius 2 is 1.63 bits per heavy atom. The van der Waals surface area contributed by atoms with E-state index in [-0.39, 0.29) is 29.1 Å². The lowest BCUT2D eigenvalue weighted by molar-refractivity contribution is -0.142. The summed E-state index contributed by atoms with van der Waals surface area (Å²) in [5.74, 6) is -1.20. The molecule has 3 rings (SSSR count). The molecule has 1 aliphatic heterocycles. The van der Waals surface area contributed by atoms with E-state index in [2.05, 4.69) is 0 Å². The fraction of sp³-hybridized carbons (Fsp3) is 0.381. The third kappa shape index (κ3) is 5.41. The van der Waals surface area contributed by atoms with Crippen molar-refractivity contribution >= 4 is 38.9 Å². The van der Waals surface area contributed by atoms with E-state index in [0.29, 0.717) is 18.0 Å². The molecule has 7 nitrogen and oxygen atoms in total. The summed E-state index contributed by atoms with van der Waals surface area (Å²) < 4.78 is 31.4. The van der Waals surface area contributed by atoms with Crippen LogP contribution in [0.25, 0.3) is 0 Å². The minimum Gasteiger partial charge on any atom is -0.457 e. The number of ketones is 2. The van der Waals surface area contributed by atoms with Crippen LogP contribution in [0.3, 0.4) is 0 Å². The molecule has 1 fully saturated rings. The second-order valence-electron chi connectivity index (χ2n) is 7.05. The molecule has 0 bridgehead atoms. The third-order valence-electron chi connectivity index (χ3n) is 4.81. The lowest BCUT2D eigenvalue weighted by Gasteiger charge is -2.15. The first-order valence-corrected chi connectivity index (χ1v) is 11.9. The fourth-order valence-electron chi connectivity index (χ4n) is 3.12. The molecule has 0 spiro atoms. The van der Waals surface area contributed by atoms with Crippen LogP contribution in [-0.4, -0.2) is 50.0 Å². The summed E-state index contributed by atoms with van der Waals surface area (Å²) in [7, 11) is -3.54. The number of Topliss-reactive ketones (excluding diaryl/α,β-unsaturated/α-hetero) is 2. The zero-order valence-electron chi connectivity index (χ0n) is 16.6. The molecule has 9 heteroatoms. The van der Waals surface area contributed by atoms with E-state index in [1.54, 1.807) is 6.07 Å². The van der Waals surface area contributed by atoms with Crippen molar-refractivity contribution in [3.05, 3.63) is 51.7 Å². The van der Waals surface area contributed by atoms with Crippen molar-refractivity contribution in [1.29, 1.82) is 0 Å². The average molecular weight is 450 g/mol. The molecule has 0 N–H and O–H groups in total. The van der Waals surface area contributed by atoms with Crippen molar-refractivity contribution in [1.82, 2.24) is 4.31 Å². The van der Waals surface area contributed by atoms with Crippen LogP contribution in [0.15, 0.2) is 41.3 Å². The zero-order valence-corrected chi connectivity index (χ0v) is 18.3. The summed E-state index contributed by atoms with van der Waals surface area (Å²) >= 11 is 1.37. The van der Waals surface area contributed by atoms with Gasteiger partial charge in [0.25, 0.3) is 0 Å². The number of aryl methyl sites for hydroxylation is 1. The van der Waals surface area contributed by atoms with Crippen LogP contribution in [-0.2, 0) is 19.6 Å². The molecule has 2 aromatic rings. The predicted octanol–water partition coefficient (Wildman–Crippen LogP) is 3.23. The van der Waals surface area contributed by atoms with Gasteiger partial charge in [-0.3, -0.25) is 14.4 Å². The molecule has 0 unspecified atom stereocenters. The van der Waals surface area contributed by atoms with E-state index in [0.717, 1.165) is 17.7 Å². The minimum atomic E-state index is -3.54. The van der Waals surface area contributed by atoms with Gasteiger partial charge in [0.2, 0.25) is 10.0 Å². The Morgan fingerprint density at radius 1 is 0.967 bits per heavy atom. The Labute approximate surface area is 179 Å². The van der Waals surface area contributed by atoms with Crippen molar-refractivity contribution in [2.24, 2.45) is 0 Å². The van der Waals surface area contributed by atoms with Gasteiger partial charge in [-0.1, -0.05) is 0 Å². The monoisotopic (exact) mass is 449 g/mol. The number of carbonyl (C=O) groups is 3. The molecule has 2 heterocycles. The molecular formula is C21H23NO6S2. The maximum absolute atomic E-state index is 12.5. The van der Waals surface area contributed by atoms with E-state index in [4.69, 9.17) is 4.74 Å². The largest absolute Gasteiger partial charge is 0.457 e. The molecule has 1 saturated heterocycles. The van der Waals surface area contributed by atoms with Crippen LogP contribution in [0.4, 0.5) is 0 Å². The number of esters is 1. The Bertz CT molecular complexity index is 1030. The van der Waals surface area contributed by atoms with Crippen LogP contribution in [0.1, 0.15) is 50.6 Å². The normalized spacial score (nSPS) is 14.6. The molecule has 0 radical (unpaired) electrons.